The first-order valence-electron chi connectivity index (χ1n) is 7.95. The Labute approximate surface area is 150 Å². The van der Waals surface area contributed by atoms with E-state index in [1.165, 1.54) is 11.8 Å². The van der Waals surface area contributed by atoms with Crippen LogP contribution in [0.1, 0.15) is 17.2 Å². The van der Waals surface area contributed by atoms with E-state index in [9.17, 15) is 4.79 Å². The summed E-state index contributed by atoms with van der Waals surface area (Å²) < 4.78 is 0. The van der Waals surface area contributed by atoms with Crippen molar-refractivity contribution in [3.05, 3.63) is 47.7 Å². The maximum Gasteiger partial charge on any atom is 0.248 e. The first kappa shape index (κ1) is 15.7. The minimum absolute atomic E-state index is 0.0229. The number of hydrogen-bond acceptors (Lipinski definition) is 5. The van der Waals surface area contributed by atoms with Gasteiger partial charge in [0, 0.05) is 23.1 Å². The average Bonchev–Trinajstić information content (AvgIpc) is 3.01. The van der Waals surface area contributed by atoms with Gasteiger partial charge >= 0.3 is 0 Å². The van der Waals surface area contributed by atoms with Gasteiger partial charge in [0.2, 0.25) is 5.91 Å². The summed E-state index contributed by atoms with van der Waals surface area (Å²) in [5.74, 6) is 2.59. The van der Waals surface area contributed by atoms with Gasteiger partial charge in [0.1, 0.15) is 16.3 Å². The van der Waals surface area contributed by atoms with Gasteiger partial charge in [-0.2, -0.15) is 0 Å². The zero-order valence-corrected chi connectivity index (χ0v) is 14.5. The molecule has 1 N–H and O–H groups in total. The van der Waals surface area contributed by atoms with E-state index in [0.717, 1.165) is 27.5 Å². The van der Waals surface area contributed by atoms with Gasteiger partial charge in [0.05, 0.1) is 12.9 Å². The Bertz CT molecular complexity index is 901. The molecule has 0 spiro atoms. The summed E-state index contributed by atoms with van der Waals surface area (Å²) in [4.78, 5) is 23.7. The maximum atomic E-state index is 13.0. The molecule has 3 heterocycles. The Morgan fingerprint density at radius 3 is 2.88 bits per heavy atom. The van der Waals surface area contributed by atoms with Gasteiger partial charge in [-0.1, -0.05) is 35.4 Å². The lowest BCUT2D eigenvalue weighted by molar-refractivity contribution is -0.117. The predicted octanol–water partition coefficient (Wildman–Crippen LogP) is 3.03. The zero-order chi connectivity index (χ0) is 17.4. The van der Waals surface area contributed by atoms with Crippen molar-refractivity contribution in [2.45, 2.75) is 23.2 Å². The lowest BCUT2D eigenvalue weighted by Gasteiger charge is -2.28. The van der Waals surface area contributed by atoms with Gasteiger partial charge in [-0.15, -0.1) is 6.42 Å². The molecule has 0 aliphatic carbocycles. The molecule has 1 amide bonds. The van der Waals surface area contributed by atoms with Crippen molar-refractivity contribution >= 4 is 35.4 Å². The molecule has 1 aromatic carbocycles. The molecule has 0 radical (unpaired) electrons. The molecular weight excluding hydrogens is 332 g/mol. The Kier molecular flexibility index (Phi) is 3.94. The van der Waals surface area contributed by atoms with E-state index in [1.54, 1.807) is 17.4 Å². The molecule has 0 saturated heterocycles. The summed E-state index contributed by atoms with van der Waals surface area (Å²) >= 11 is 1.47. The summed E-state index contributed by atoms with van der Waals surface area (Å²) in [6.07, 6.45) is 8.70. The van der Waals surface area contributed by atoms with Crippen molar-refractivity contribution in [1.29, 1.82) is 0 Å². The van der Waals surface area contributed by atoms with E-state index in [-0.39, 0.29) is 17.2 Å². The van der Waals surface area contributed by atoms with Crippen molar-refractivity contribution in [3.63, 3.8) is 0 Å². The largest absolute Gasteiger partial charge is 0.374 e. The number of aliphatic imine (C=N–C) groups is 1. The number of aromatic nitrogens is 1. The third-order valence-electron chi connectivity index (χ3n) is 4.29. The summed E-state index contributed by atoms with van der Waals surface area (Å²) in [6, 6.07) is 9.49. The number of thioether (sulfide) groups is 1. The van der Waals surface area contributed by atoms with Crippen LogP contribution < -0.4 is 10.2 Å². The molecule has 2 unspecified atom stereocenters. The number of fused-ring (bicyclic) bond motifs is 3. The highest BCUT2D eigenvalue weighted by molar-refractivity contribution is 8.01. The molecular formula is C19H16N4OS. The lowest BCUT2D eigenvalue weighted by Crippen LogP contribution is -2.42. The average molecular weight is 348 g/mol. The molecule has 6 heteroatoms. The minimum Gasteiger partial charge on any atom is -0.374 e. The highest BCUT2D eigenvalue weighted by atomic mass is 32.2. The lowest BCUT2D eigenvalue weighted by atomic mass is 10.0. The monoisotopic (exact) mass is 348 g/mol. The second-order valence-corrected chi connectivity index (χ2v) is 7.06. The number of benzene rings is 1. The van der Waals surface area contributed by atoms with E-state index >= 15 is 0 Å². The van der Waals surface area contributed by atoms with E-state index in [4.69, 9.17) is 6.42 Å². The number of rotatable bonds is 3. The van der Waals surface area contributed by atoms with E-state index in [0.29, 0.717) is 6.54 Å². The number of nitrogens with one attached hydrogen (secondary N) is 1. The fourth-order valence-corrected chi connectivity index (χ4v) is 4.31. The second-order valence-electron chi connectivity index (χ2n) is 5.93. The fourth-order valence-electron chi connectivity index (χ4n) is 3.04. The number of terminal acetylenes is 1. The number of pyridine rings is 1. The molecule has 25 heavy (non-hydrogen) atoms. The van der Waals surface area contributed by atoms with E-state index < -0.39 is 0 Å². The fraction of sp³-hybridized carbons (Fsp3) is 0.211. The van der Waals surface area contributed by atoms with Gasteiger partial charge < -0.3 is 5.32 Å². The summed E-state index contributed by atoms with van der Waals surface area (Å²) in [5.41, 5.74) is 3.84. The zero-order valence-electron chi connectivity index (χ0n) is 13.6. The Morgan fingerprint density at radius 2 is 2.12 bits per heavy atom. The van der Waals surface area contributed by atoms with Crippen molar-refractivity contribution in [1.82, 2.24) is 4.98 Å². The molecule has 4 rings (SSSR count). The van der Waals surface area contributed by atoms with Crippen LogP contribution in [0.25, 0.3) is 0 Å². The molecule has 2 aliphatic rings. The van der Waals surface area contributed by atoms with Gasteiger partial charge in [0.15, 0.2) is 0 Å². The van der Waals surface area contributed by atoms with Crippen molar-refractivity contribution < 1.29 is 4.79 Å². The van der Waals surface area contributed by atoms with Crippen molar-refractivity contribution in [2.24, 2.45) is 4.99 Å². The molecule has 124 valence electrons. The predicted molar refractivity (Wildman–Crippen MR) is 101 cm³/mol. The van der Waals surface area contributed by atoms with Crippen LogP contribution in [0.5, 0.6) is 0 Å². The molecule has 1 aromatic heterocycles. The van der Waals surface area contributed by atoms with Crippen molar-refractivity contribution in [2.75, 3.05) is 16.8 Å². The molecule has 5 nitrogen and oxygen atoms in total. The number of amides is 1. The first-order valence-corrected chi connectivity index (χ1v) is 8.83. The van der Waals surface area contributed by atoms with Crippen LogP contribution in [0, 0.1) is 19.3 Å². The van der Waals surface area contributed by atoms with Crippen molar-refractivity contribution in [3.8, 4) is 12.3 Å². The third kappa shape index (κ3) is 2.67. The number of hydrogen-bond donors (Lipinski definition) is 1. The molecule has 0 fully saturated rings. The van der Waals surface area contributed by atoms with Crippen LogP contribution in [0.15, 0.2) is 46.5 Å². The highest BCUT2D eigenvalue weighted by Gasteiger charge is 2.44. The van der Waals surface area contributed by atoms with Crippen LogP contribution in [-0.2, 0) is 4.79 Å². The number of anilines is 2. The van der Waals surface area contributed by atoms with Crippen LogP contribution >= 0.6 is 11.8 Å². The van der Waals surface area contributed by atoms with Gasteiger partial charge in [-0.05, 0) is 25.1 Å². The summed E-state index contributed by atoms with van der Waals surface area (Å²) in [7, 11) is 0. The van der Waals surface area contributed by atoms with Gasteiger partial charge in [-0.25, -0.2) is 4.98 Å². The standard InChI is InChI=1S/C19H16N4OS/c1-3-9-20-14-8-10-21-18-15(14)16-17(25-18)19(24)23(11-22-16)13-6-4-12(2)5-7-13/h1,4-8,10-11,16-17H,9H2,2H3,(H,20,21). The quantitative estimate of drug-likeness (QED) is 0.866. The summed E-state index contributed by atoms with van der Waals surface area (Å²) in [5, 5.41) is 3.74. The number of nitrogens with zero attached hydrogens (tertiary/aromatic N) is 3. The van der Waals surface area contributed by atoms with Crippen LogP contribution in [0.4, 0.5) is 11.4 Å². The molecule has 2 aromatic rings. The van der Waals surface area contributed by atoms with E-state index in [2.05, 4.69) is 21.2 Å². The highest BCUT2D eigenvalue weighted by Crippen LogP contribution is 2.50. The molecule has 0 saturated carbocycles. The minimum atomic E-state index is -0.303. The van der Waals surface area contributed by atoms with Gasteiger partial charge in [-0.3, -0.25) is 14.7 Å². The number of aryl methyl sites for hydroxylation is 1. The van der Waals surface area contributed by atoms with E-state index in [1.807, 2.05) is 37.3 Å². The topological polar surface area (TPSA) is 57.6 Å². The smallest absolute Gasteiger partial charge is 0.248 e. The molecule has 2 aliphatic heterocycles. The summed E-state index contributed by atoms with van der Waals surface area (Å²) in [6.45, 7) is 2.44. The van der Waals surface area contributed by atoms with Crippen LogP contribution in [-0.4, -0.2) is 29.0 Å². The second kappa shape index (κ2) is 6.26. The van der Waals surface area contributed by atoms with Crippen LogP contribution in [0.2, 0.25) is 0 Å². The third-order valence-corrected chi connectivity index (χ3v) is 5.55. The normalized spacial score (nSPS) is 20.8. The molecule has 2 atom stereocenters. The molecule has 0 bridgehead atoms. The SMILES string of the molecule is C#CCNc1ccnc2c1C1N=CN(c3ccc(C)cc3)C(=O)C1S2. The Hall–Kier alpha value is -2.78. The Balaban J connectivity index is 1.68. The number of carbonyl (C=O) groups is 1. The maximum absolute atomic E-state index is 13.0. The first-order chi connectivity index (χ1) is 12.2. The van der Waals surface area contributed by atoms with Crippen LogP contribution in [0.3, 0.4) is 0 Å². The Morgan fingerprint density at radius 1 is 1.32 bits per heavy atom. The van der Waals surface area contributed by atoms with Gasteiger partial charge in [0.25, 0.3) is 0 Å². The number of carbonyl (C=O) groups excluding carboxylic acids is 1.